The molecule has 0 amide bonds. The van der Waals surface area contributed by atoms with Crippen LogP contribution in [0.3, 0.4) is 0 Å². The van der Waals surface area contributed by atoms with Gasteiger partial charge in [-0.05, 0) is 49.7 Å². The zero-order chi connectivity index (χ0) is 17.3. The Morgan fingerprint density at radius 3 is 2.75 bits per heavy atom. The third-order valence-corrected chi connectivity index (χ3v) is 6.97. The summed E-state index contributed by atoms with van der Waals surface area (Å²) in [5, 5.41) is 0.598. The van der Waals surface area contributed by atoms with Crippen LogP contribution >= 0.6 is 23.2 Å². The Kier molecular flexibility index (Phi) is 5.25. The third-order valence-electron chi connectivity index (χ3n) is 4.56. The van der Waals surface area contributed by atoms with E-state index in [1.54, 1.807) is 6.07 Å². The molecule has 0 bridgehead atoms. The SMILES string of the molecule is Cn1cccc1[C@@H]1CCCN1CCS(=O)(=O)c1cc(Cl)ccc1Cl. The highest BCUT2D eigenvalue weighted by molar-refractivity contribution is 7.91. The molecule has 2 aromatic rings. The van der Waals surface area contributed by atoms with Crippen molar-refractivity contribution in [2.24, 2.45) is 7.05 Å². The van der Waals surface area contributed by atoms with Crippen molar-refractivity contribution in [3.05, 3.63) is 52.3 Å². The highest BCUT2D eigenvalue weighted by atomic mass is 35.5. The summed E-state index contributed by atoms with van der Waals surface area (Å²) in [6, 6.07) is 8.95. The van der Waals surface area contributed by atoms with Crippen LogP contribution in [-0.2, 0) is 16.9 Å². The average Bonchev–Trinajstić information content (AvgIpc) is 3.15. The van der Waals surface area contributed by atoms with Gasteiger partial charge in [0.25, 0.3) is 0 Å². The van der Waals surface area contributed by atoms with E-state index in [4.69, 9.17) is 23.2 Å². The fourth-order valence-corrected chi connectivity index (χ4v) is 5.39. The second-order valence-corrected chi connectivity index (χ2v) is 9.05. The van der Waals surface area contributed by atoms with Crippen LogP contribution in [0.25, 0.3) is 0 Å². The number of aromatic nitrogens is 1. The second-order valence-electron chi connectivity index (χ2n) is 6.13. The fraction of sp³-hybridized carbons (Fsp3) is 0.412. The van der Waals surface area contributed by atoms with Crippen LogP contribution in [-0.4, -0.2) is 36.7 Å². The quantitative estimate of drug-likeness (QED) is 0.781. The number of likely N-dealkylation sites (tertiary alicyclic amines) is 1. The lowest BCUT2D eigenvalue weighted by molar-refractivity contribution is 0.264. The van der Waals surface area contributed by atoms with Crippen LogP contribution in [0.15, 0.2) is 41.4 Å². The lowest BCUT2D eigenvalue weighted by atomic mass is 10.1. The zero-order valence-corrected chi connectivity index (χ0v) is 15.8. The van der Waals surface area contributed by atoms with Crippen molar-refractivity contribution in [3.8, 4) is 0 Å². The number of halogens is 2. The number of benzene rings is 1. The Bertz CT molecular complexity index is 833. The average molecular weight is 387 g/mol. The molecule has 7 heteroatoms. The van der Waals surface area contributed by atoms with Crippen molar-refractivity contribution in [3.63, 3.8) is 0 Å². The first-order valence-electron chi connectivity index (χ1n) is 7.91. The predicted molar refractivity (Wildman–Crippen MR) is 97.5 cm³/mol. The molecule has 0 aliphatic carbocycles. The number of hydrogen-bond acceptors (Lipinski definition) is 3. The molecule has 1 aromatic carbocycles. The maximum atomic E-state index is 12.6. The molecule has 1 atom stereocenters. The van der Waals surface area contributed by atoms with Crippen molar-refractivity contribution in [1.82, 2.24) is 9.47 Å². The van der Waals surface area contributed by atoms with E-state index >= 15 is 0 Å². The summed E-state index contributed by atoms with van der Waals surface area (Å²) in [4.78, 5) is 2.36. The van der Waals surface area contributed by atoms with Crippen LogP contribution < -0.4 is 0 Å². The smallest absolute Gasteiger partial charge is 0.181 e. The topological polar surface area (TPSA) is 42.3 Å². The van der Waals surface area contributed by atoms with E-state index in [1.165, 1.54) is 17.8 Å². The number of nitrogens with zero attached hydrogens (tertiary/aromatic N) is 2. The van der Waals surface area contributed by atoms with Crippen molar-refractivity contribution < 1.29 is 8.42 Å². The van der Waals surface area contributed by atoms with Crippen LogP contribution in [0.1, 0.15) is 24.6 Å². The molecule has 2 heterocycles. The highest BCUT2D eigenvalue weighted by Crippen LogP contribution is 2.32. The van der Waals surface area contributed by atoms with Crippen molar-refractivity contribution in [1.29, 1.82) is 0 Å². The van der Waals surface area contributed by atoms with Gasteiger partial charge in [0.05, 0.1) is 21.7 Å². The Balaban J connectivity index is 1.75. The van der Waals surface area contributed by atoms with Crippen LogP contribution in [0, 0.1) is 0 Å². The van der Waals surface area contributed by atoms with Gasteiger partial charge in [0.2, 0.25) is 0 Å². The van der Waals surface area contributed by atoms with Crippen molar-refractivity contribution in [2.45, 2.75) is 23.8 Å². The van der Waals surface area contributed by atoms with Gasteiger partial charge in [-0.15, -0.1) is 0 Å². The van der Waals surface area contributed by atoms with E-state index in [2.05, 4.69) is 15.5 Å². The maximum absolute atomic E-state index is 12.6. The van der Waals surface area contributed by atoms with Crippen molar-refractivity contribution >= 4 is 33.0 Å². The largest absolute Gasteiger partial charge is 0.353 e. The second kappa shape index (κ2) is 7.08. The summed E-state index contributed by atoms with van der Waals surface area (Å²) in [7, 11) is -1.45. The summed E-state index contributed by atoms with van der Waals surface area (Å²) in [5.41, 5.74) is 1.23. The Hall–Kier alpha value is -1.01. The first-order chi connectivity index (χ1) is 11.4. The first kappa shape index (κ1) is 17.8. The summed E-state index contributed by atoms with van der Waals surface area (Å²) < 4.78 is 27.4. The summed E-state index contributed by atoms with van der Waals surface area (Å²) in [6.45, 7) is 1.40. The van der Waals surface area contributed by atoms with Crippen LogP contribution in [0.5, 0.6) is 0 Å². The minimum Gasteiger partial charge on any atom is -0.353 e. The van der Waals surface area contributed by atoms with Gasteiger partial charge >= 0.3 is 0 Å². The lowest BCUT2D eigenvalue weighted by Crippen LogP contribution is -2.30. The number of aryl methyl sites for hydroxylation is 1. The van der Waals surface area contributed by atoms with Crippen LogP contribution in [0.4, 0.5) is 0 Å². The molecule has 1 aromatic heterocycles. The fourth-order valence-electron chi connectivity index (χ4n) is 3.31. The molecule has 3 rings (SSSR count). The van der Waals surface area contributed by atoms with Gasteiger partial charge in [0.15, 0.2) is 9.84 Å². The minimum absolute atomic E-state index is 0.0357. The Morgan fingerprint density at radius 2 is 2.04 bits per heavy atom. The molecule has 0 unspecified atom stereocenters. The van der Waals surface area contributed by atoms with Gasteiger partial charge in [-0.25, -0.2) is 8.42 Å². The normalized spacial score (nSPS) is 19.0. The number of rotatable bonds is 5. The highest BCUT2D eigenvalue weighted by Gasteiger charge is 2.29. The van der Waals surface area contributed by atoms with Gasteiger partial charge in [-0.3, -0.25) is 4.90 Å². The first-order valence-corrected chi connectivity index (χ1v) is 10.3. The maximum Gasteiger partial charge on any atom is 0.181 e. The molecule has 1 saturated heterocycles. The van der Waals surface area contributed by atoms with Gasteiger partial charge in [0, 0.05) is 30.5 Å². The van der Waals surface area contributed by atoms with E-state index in [0.29, 0.717) is 11.6 Å². The molecular weight excluding hydrogens is 367 g/mol. The number of sulfone groups is 1. The molecule has 1 fully saturated rings. The summed E-state index contributed by atoms with van der Waals surface area (Å²) in [5.74, 6) is 0.0357. The van der Waals surface area contributed by atoms with Gasteiger partial charge in [-0.2, -0.15) is 0 Å². The van der Waals surface area contributed by atoms with E-state index in [9.17, 15) is 8.42 Å². The molecule has 24 heavy (non-hydrogen) atoms. The zero-order valence-electron chi connectivity index (χ0n) is 13.5. The molecule has 1 aliphatic heterocycles. The van der Waals surface area contributed by atoms with E-state index in [-0.39, 0.29) is 21.7 Å². The molecule has 0 N–H and O–H groups in total. The minimum atomic E-state index is -3.47. The van der Waals surface area contributed by atoms with Gasteiger partial charge < -0.3 is 4.57 Å². The van der Waals surface area contributed by atoms with E-state index in [1.807, 2.05) is 19.3 Å². The molecule has 130 valence electrons. The molecule has 1 aliphatic rings. The standard InChI is InChI=1S/C17H20Cl2N2O2S/c1-20-8-2-4-15(20)16-5-3-9-21(16)10-11-24(22,23)17-12-13(18)6-7-14(17)19/h2,4,6-8,12,16H,3,5,9-11H2,1H3/t16-/m0/s1. The van der Waals surface area contributed by atoms with E-state index < -0.39 is 9.84 Å². The molecule has 0 radical (unpaired) electrons. The third kappa shape index (κ3) is 3.64. The monoisotopic (exact) mass is 386 g/mol. The summed E-state index contributed by atoms with van der Waals surface area (Å²) in [6.07, 6.45) is 4.15. The van der Waals surface area contributed by atoms with Crippen LogP contribution in [0.2, 0.25) is 10.0 Å². The van der Waals surface area contributed by atoms with E-state index in [0.717, 1.165) is 19.4 Å². The number of hydrogen-bond donors (Lipinski definition) is 0. The lowest BCUT2D eigenvalue weighted by Gasteiger charge is -2.25. The van der Waals surface area contributed by atoms with Crippen molar-refractivity contribution in [2.75, 3.05) is 18.8 Å². The summed E-state index contributed by atoms with van der Waals surface area (Å²) >= 11 is 12.0. The molecule has 0 spiro atoms. The van der Waals surface area contributed by atoms with Gasteiger partial charge in [0.1, 0.15) is 0 Å². The Morgan fingerprint density at radius 1 is 1.25 bits per heavy atom. The Labute approximate surface area is 152 Å². The molecule has 0 saturated carbocycles. The molecule has 4 nitrogen and oxygen atoms in total. The van der Waals surface area contributed by atoms with Gasteiger partial charge in [-0.1, -0.05) is 23.2 Å². The predicted octanol–water partition coefficient (Wildman–Crippen LogP) is 3.94. The molecular formula is C17H20Cl2N2O2S.